The normalized spacial score (nSPS) is 25.6. The van der Waals surface area contributed by atoms with Gasteiger partial charge in [0.05, 0.1) is 17.4 Å². The fourth-order valence-electron chi connectivity index (χ4n) is 3.54. The molecule has 6 heteroatoms. The molecule has 0 bridgehead atoms. The zero-order valence-corrected chi connectivity index (χ0v) is 14.4. The molecule has 0 aromatic carbocycles. The van der Waals surface area contributed by atoms with Crippen molar-refractivity contribution in [1.29, 1.82) is 5.26 Å². The highest BCUT2D eigenvalue weighted by atomic mass is 32.1. The van der Waals surface area contributed by atoms with Crippen molar-refractivity contribution in [2.24, 2.45) is 17.8 Å². The van der Waals surface area contributed by atoms with Gasteiger partial charge in [-0.05, 0) is 43.6 Å². The number of nitrogens with zero attached hydrogens (tertiary/aromatic N) is 1. The summed E-state index contributed by atoms with van der Waals surface area (Å²) in [5, 5.41) is 22.2. The van der Waals surface area contributed by atoms with Crippen LogP contribution >= 0.6 is 11.3 Å². The Morgan fingerprint density at radius 1 is 1.33 bits per heavy atom. The van der Waals surface area contributed by atoms with E-state index < -0.39 is 17.8 Å². The van der Waals surface area contributed by atoms with Crippen molar-refractivity contribution >= 4 is 28.2 Å². The molecule has 24 heavy (non-hydrogen) atoms. The van der Waals surface area contributed by atoms with Gasteiger partial charge in [-0.2, -0.15) is 5.26 Å². The highest BCUT2D eigenvalue weighted by molar-refractivity contribution is 7.16. The summed E-state index contributed by atoms with van der Waals surface area (Å²) in [6.07, 6.45) is 7.33. The largest absolute Gasteiger partial charge is 0.481 e. The predicted molar refractivity (Wildman–Crippen MR) is 91.8 cm³/mol. The number of carbonyl (C=O) groups excluding carboxylic acids is 1. The minimum absolute atomic E-state index is 0.296. The molecule has 3 atom stereocenters. The van der Waals surface area contributed by atoms with Crippen LogP contribution in [0, 0.1) is 29.1 Å². The average molecular weight is 344 g/mol. The standard InChI is InChI=1S/C18H20N2O3S/c1-10-6-7-11-14(9-19)17(24-15(11)8-10)20-16(21)12-4-2-3-5-13(12)18(22)23/h2-3,10,12-13H,4-8H2,1H3,(H,20,21)(H,22,23)/t10-,12+,13-/m0/s1. The van der Waals surface area contributed by atoms with Crippen LogP contribution in [0.5, 0.6) is 0 Å². The third kappa shape index (κ3) is 3.09. The summed E-state index contributed by atoms with van der Waals surface area (Å²) in [7, 11) is 0. The monoisotopic (exact) mass is 344 g/mol. The Balaban J connectivity index is 1.83. The number of rotatable bonds is 3. The van der Waals surface area contributed by atoms with Crippen LogP contribution in [0.1, 0.15) is 42.2 Å². The maximum atomic E-state index is 12.6. The number of allylic oxidation sites excluding steroid dienone is 2. The molecular weight excluding hydrogens is 324 g/mol. The number of anilines is 1. The van der Waals surface area contributed by atoms with Crippen molar-refractivity contribution in [3.63, 3.8) is 0 Å². The molecule has 1 amide bonds. The van der Waals surface area contributed by atoms with Crippen LogP contribution in [-0.4, -0.2) is 17.0 Å². The third-order valence-electron chi connectivity index (χ3n) is 4.95. The van der Waals surface area contributed by atoms with Gasteiger partial charge in [0.1, 0.15) is 11.1 Å². The lowest BCUT2D eigenvalue weighted by Crippen LogP contribution is -2.34. The summed E-state index contributed by atoms with van der Waals surface area (Å²) in [4.78, 5) is 25.2. The van der Waals surface area contributed by atoms with E-state index in [4.69, 9.17) is 0 Å². The van der Waals surface area contributed by atoms with Crippen molar-refractivity contribution < 1.29 is 14.7 Å². The van der Waals surface area contributed by atoms with Crippen molar-refractivity contribution in [1.82, 2.24) is 0 Å². The fraction of sp³-hybridized carbons (Fsp3) is 0.500. The Morgan fingerprint density at radius 2 is 2.04 bits per heavy atom. The first-order valence-electron chi connectivity index (χ1n) is 8.24. The minimum Gasteiger partial charge on any atom is -0.481 e. The van der Waals surface area contributed by atoms with E-state index in [2.05, 4.69) is 18.3 Å². The Bertz CT molecular complexity index is 744. The van der Waals surface area contributed by atoms with Crippen molar-refractivity contribution in [2.75, 3.05) is 5.32 Å². The minimum atomic E-state index is -0.945. The Kier molecular flexibility index (Phi) is 4.72. The first-order valence-corrected chi connectivity index (χ1v) is 9.06. The van der Waals surface area contributed by atoms with Gasteiger partial charge < -0.3 is 10.4 Å². The number of fused-ring (bicyclic) bond motifs is 1. The topological polar surface area (TPSA) is 90.2 Å². The number of hydrogen-bond donors (Lipinski definition) is 2. The van der Waals surface area contributed by atoms with Gasteiger partial charge in [0.15, 0.2) is 0 Å². The number of nitriles is 1. The molecule has 0 spiro atoms. The zero-order chi connectivity index (χ0) is 17.3. The van der Waals surface area contributed by atoms with Crippen molar-refractivity contribution in [3.8, 4) is 6.07 Å². The lowest BCUT2D eigenvalue weighted by molar-refractivity contribution is -0.146. The molecule has 0 unspecified atom stereocenters. The van der Waals surface area contributed by atoms with Gasteiger partial charge in [0.25, 0.3) is 0 Å². The number of carbonyl (C=O) groups is 2. The van der Waals surface area contributed by atoms with Crippen LogP contribution in [0.25, 0.3) is 0 Å². The molecule has 0 aliphatic heterocycles. The van der Waals surface area contributed by atoms with Crippen molar-refractivity contribution in [3.05, 3.63) is 28.2 Å². The second kappa shape index (κ2) is 6.78. The van der Waals surface area contributed by atoms with Crippen LogP contribution in [-0.2, 0) is 22.4 Å². The summed E-state index contributed by atoms with van der Waals surface area (Å²) < 4.78 is 0. The molecule has 0 radical (unpaired) electrons. The molecule has 2 aliphatic carbocycles. The number of thiophene rings is 1. The summed E-state index contributed by atoms with van der Waals surface area (Å²) in [6, 6.07) is 2.23. The van der Waals surface area contributed by atoms with E-state index in [1.54, 1.807) is 0 Å². The van der Waals surface area contributed by atoms with Gasteiger partial charge in [-0.3, -0.25) is 9.59 Å². The molecule has 3 rings (SSSR count). The Morgan fingerprint density at radius 3 is 2.71 bits per heavy atom. The van der Waals surface area contributed by atoms with Gasteiger partial charge in [-0.15, -0.1) is 11.3 Å². The molecule has 1 heterocycles. The molecule has 1 aromatic heterocycles. The van der Waals surface area contributed by atoms with E-state index in [9.17, 15) is 20.0 Å². The van der Waals surface area contributed by atoms with Gasteiger partial charge in [-0.1, -0.05) is 19.1 Å². The van der Waals surface area contributed by atoms with Crippen LogP contribution in [0.15, 0.2) is 12.2 Å². The number of nitrogens with one attached hydrogen (secondary N) is 1. The summed E-state index contributed by atoms with van der Waals surface area (Å²) in [5.41, 5.74) is 1.63. The number of carboxylic acids is 1. The molecule has 1 aromatic rings. The first kappa shape index (κ1) is 16.7. The molecule has 2 N–H and O–H groups in total. The highest BCUT2D eigenvalue weighted by Gasteiger charge is 2.35. The second-order valence-corrected chi connectivity index (χ2v) is 7.76. The first-order chi connectivity index (χ1) is 11.5. The van der Waals surface area contributed by atoms with E-state index in [-0.39, 0.29) is 5.91 Å². The van der Waals surface area contributed by atoms with Crippen LogP contribution in [0.3, 0.4) is 0 Å². The summed E-state index contributed by atoms with van der Waals surface area (Å²) in [5.74, 6) is -1.94. The summed E-state index contributed by atoms with van der Waals surface area (Å²) in [6.45, 7) is 2.19. The zero-order valence-electron chi connectivity index (χ0n) is 13.5. The Labute approximate surface area is 145 Å². The quantitative estimate of drug-likeness (QED) is 0.823. The van der Waals surface area contributed by atoms with Gasteiger partial charge >= 0.3 is 5.97 Å². The fourth-order valence-corrected chi connectivity index (χ4v) is 4.90. The molecule has 0 saturated heterocycles. The number of carboxylic acid groups (broad SMARTS) is 1. The molecule has 126 valence electrons. The van der Waals surface area contributed by atoms with Gasteiger partial charge in [0.2, 0.25) is 5.91 Å². The smallest absolute Gasteiger partial charge is 0.307 e. The van der Waals surface area contributed by atoms with E-state index >= 15 is 0 Å². The lowest BCUT2D eigenvalue weighted by atomic mass is 9.82. The second-order valence-electron chi connectivity index (χ2n) is 6.65. The van der Waals surface area contributed by atoms with E-state index in [0.29, 0.717) is 29.3 Å². The van der Waals surface area contributed by atoms with E-state index in [1.807, 2.05) is 12.2 Å². The lowest BCUT2D eigenvalue weighted by Gasteiger charge is -2.23. The molecule has 5 nitrogen and oxygen atoms in total. The van der Waals surface area contributed by atoms with Gasteiger partial charge in [0, 0.05) is 4.88 Å². The van der Waals surface area contributed by atoms with E-state index in [1.165, 1.54) is 16.2 Å². The average Bonchev–Trinajstić information content (AvgIpc) is 2.90. The van der Waals surface area contributed by atoms with Crippen LogP contribution in [0.2, 0.25) is 0 Å². The number of hydrogen-bond acceptors (Lipinski definition) is 4. The van der Waals surface area contributed by atoms with Crippen LogP contribution < -0.4 is 5.32 Å². The van der Waals surface area contributed by atoms with E-state index in [0.717, 1.165) is 24.8 Å². The molecule has 0 saturated carbocycles. The molecular formula is C18H20N2O3S. The van der Waals surface area contributed by atoms with Gasteiger partial charge in [-0.25, -0.2) is 0 Å². The third-order valence-corrected chi connectivity index (χ3v) is 6.12. The number of amides is 1. The molecule has 2 aliphatic rings. The SMILES string of the molecule is C[C@H]1CCc2c(sc(NC(=O)[C@@H]3CC=CC[C@@H]3C(=O)O)c2C#N)C1. The molecule has 0 fully saturated rings. The maximum Gasteiger partial charge on any atom is 0.307 e. The Hall–Kier alpha value is -2.13. The van der Waals surface area contributed by atoms with Crippen LogP contribution in [0.4, 0.5) is 5.00 Å². The summed E-state index contributed by atoms with van der Waals surface area (Å²) >= 11 is 1.47. The highest BCUT2D eigenvalue weighted by Crippen LogP contribution is 2.39. The van der Waals surface area contributed by atoms with Crippen molar-refractivity contribution in [2.45, 2.75) is 39.0 Å². The number of aliphatic carboxylic acids is 1. The maximum absolute atomic E-state index is 12.6. The predicted octanol–water partition coefficient (Wildman–Crippen LogP) is 3.35.